The normalized spacial score (nSPS) is 13.2. The van der Waals surface area contributed by atoms with Crippen molar-refractivity contribution in [1.29, 1.82) is 0 Å². The molecular weight excluding hydrogens is 396 g/mol. The van der Waals surface area contributed by atoms with Crippen molar-refractivity contribution in [3.63, 3.8) is 0 Å². The van der Waals surface area contributed by atoms with Crippen molar-refractivity contribution in [1.82, 2.24) is 10.2 Å². The molecule has 0 radical (unpaired) electrons. The minimum Gasteiger partial charge on any atom is -0.497 e. The minimum atomic E-state index is -0.244. The molecular formula is C20H21BrN2O3. The average molecular weight is 417 g/mol. The topological polar surface area (TPSA) is 58.6 Å². The second-order valence-corrected chi connectivity index (χ2v) is 7.21. The second-order valence-electron chi connectivity index (χ2n) is 6.29. The summed E-state index contributed by atoms with van der Waals surface area (Å²) in [6.07, 6.45) is 2.03. The van der Waals surface area contributed by atoms with Crippen LogP contribution in [0.2, 0.25) is 0 Å². The van der Waals surface area contributed by atoms with Gasteiger partial charge in [0.05, 0.1) is 13.7 Å². The van der Waals surface area contributed by atoms with E-state index in [4.69, 9.17) is 4.74 Å². The molecule has 1 fully saturated rings. The Morgan fingerprint density at radius 2 is 1.77 bits per heavy atom. The molecule has 0 aromatic heterocycles. The van der Waals surface area contributed by atoms with E-state index in [0.717, 1.165) is 28.6 Å². The number of nitrogens with zero attached hydrogens (tertiary/aromatic N) is 1. The van der Waals surface area contributed by atoms with E-state index in [0.29, 0.717) is 12.1 Å². The van der Waals surface area contributed by atoms with Crippen LogP contribution in [0.4, 0.5) is 0 Å². The first-order chi connectivity index (χ1) is 12.6. The van der Waals surface area contributed by atoms with Crippen LogP contribution >= 0.6 is 15.9 Å². The minimum absolute atomic E-state index is 0.00154. The van der Waals surface area contributed by atoms with Gasteiger partial charge in [-0.25, -0.2) is 0 Å². The Kier molecular flexibility index (Phi) is 5.93. The third-order valence-corrected chi connectivity index (χ3v) is 4.86. The van der Waals surface area contributed by atoms with Crippen molar-refractivity contribution < 1.29 is 14.3 Å². The van der Waals surface area contributed by atoms with Gasteiger partial charge >= 0.3 is 0 Å². The average Bonchev–Trinajstić information content (AvgIpc) is 3.50. The van der Waals surface area contributed by atoms with E-state index in [1.165, 1.54) is 0 Å². The third-order valence-electron chi connectivity index (χ3n) is 4.33. The Balaban J connectivity index is 1.58. The number of halogens is 1. The number of hydrogen-bond acceptors (Lipinski definition) is 3. The molecule has 2 amide bonds. The van der Waals surface area contributed by atoms with Crippen LogP contribution in [-0.4, -0.2) is 36.4 Å². The number of ether oxygens (including phenoxy) is 1. The van der Waals surface area contributed by atoms with Crippen molar-refractivity contribution in [3.8, 4) is 5.75 Å². The number of rotatable bonds is 7. The standard InChI is InChI=1S/C20H21BrN2O3/c1-26-18-10-2-14(3-11-18)13-23(17-8-9-17)19(24)12-22-20(25)15-4-6-16(21)7-5-15/h2-7,10-11,17H,8-9,12-13H2,1H3,(H,22,25). The van der Waals surface area contributed by atoms with E-state index >= 15 is 0 Å². The summed E-state index contributed by atoms with van der Waals surface area (Å²) in [7, 11) is 1.63. The van der Waals surface area contributed by atoms with E-state index in [1.807, 2.05) is 29.2 Å². The molecule has 0 unspecified atom stereocenters. The van der Waals surface area contributed by atoms with Gasteiger partial charge in [-0.1, -0.05) is 28.1 Å². The fourth-order valence-electron chi connectivity index (χ4n) is 2.70. The van der Waals surface area contributed by atoms with Crippen LogP contribution < -0.4 is 10.1 Å². The van der Waals surface area contributed by atoms with Crippen molar-refractivity contribution >= 4 is 27.7 Å². The molecule has 0 atom stereocenters. The van der Waals surface area contributed by atoms with Gasteiger partial charge in [0.1, 0.15) is 5.75 Å². The van der Waals surface area contributed by atoms with Gasteiger partial charge in [-0.15, -0.1) is 0 Å². The van der Waals surface area contributed by atoms with Gasteiger partial charge < -0.3 is 15.0 Å². The lowest BCUT2D eigenvalue weighted by molar-refractivity contribution is -0.131. The first kappa shape index (κ1) is 18.5. The summed E-state index contributed by atoms with van der Waals surface area (Å²) in [5.41, 5.74) is 1.58. The summed E-state index contributed by atoms with van der Waals surface area (Å²) in [5, 5.41) is 2.72. The molecule has 0 aliphatic heterocycles. The monoisotopic (exact) mass is 416 g/mol. The van der Waals surface area contributed by atoms with Crippen molar-refractivity contribution in [3.05, 3.63) is 64.1 Å². The Labute approximate surface area is 161 Å². The third kappa shape index (κ3) is 4.85. The first-order valence-electron chi connectivity index (χ1n) is 8.53. The zero-order chi connectivity index (χ0) is 18.5. The summed E-state index contributed by atoms with van der Waals surface area (Å²) >= 11 is 3.34. The van der Waals surface area contributed by atoms with Crippen molar-refractivity contribution in [2.24, 2.45) is 0 Å². The lowest BCUT2D eigenvalue weighted by Gasteiger charge is -2.23. The maximum Gasteiger partial charge on any atom is 0.251 e. The maximum atomic E-state index is 12.6. The Morgan fingerprint density at radius 1 is 1.12 bits per heavy atom. The predicted octanol–water partition coefficient (Wildman–Crippen LogP) is 3.38. The van der Waals surface area contributed by atoms with Gasteiger partial charge in [-0.3, -0.25) is 9.59 Å². The number of methoxy groups -OCH3 is 1. The van der Waals surface area contributed by atoms with Gasteiger partial charge in [0, 0.05) is 22.6 Å². The maximum absolute atomic E-state index is 12.6. The molecule has 3 rings (SSSR count). The van der Waals surface area contributed by atoms with Gasteiger partial charge in [0.25, 0.3) is 5.91 Å². The SMILES string of the molecule is COc1ccc(CN(C(=O)CNC(=O)c2ccc(Br)cc2)C2CC2)cc1. The van der Waals surface area contributed by atoms with Crippen LogP contribution in [0.25, 0.3) is 0 Å². The van der Waals surface area contributed by atoms with Crippen LogP contribution in [0, 0.1) is 0 Å². The molecule has 0 saturated heterocycles. The molecule has 2 aromatic carbocycles. The number of amides is 2. The van der Waals surface area contributed by atoms with Crippen LogP contribution in [0.5, 0.6) is 5.75 Å². The molecule has 1 N–H and O–H groups in total. The summed E-state index contributed by atoms with van der Waals surface area (Å²) in [4.78, 5) is 26.7. The predicted molar refractivity (Wildman–Crippen MR) is 103 cm³/mol. The Bertz CT molecular complexity index is 771. The number of carbonyl (C=O) groups excluding carboxylic acids is 2. The van der Waals surface area contributed by atoms with Crippen LogP contribution in [0.1, 0.15) is 28.8 Å². The highest BCUT2D eigenvalue weighted by molar-refractivity contribution is 9.10. The Hall–Kier alpha value is -2.34. The molecule has 136 valence electrons. The number of carbonyl (C=O) groups is 2. The van der Waals surface area contributed by atoms with Gasteiger partial charge in [0.2, 0.25) is 5.91 Å². The fourth-order valence-corrected chi connectivity index (χ4v) is 2.96. The molecule has 26 heavy (non-hydrogen) atoms. The fraction of sp³-hybridized carbons (Fsp3) is 0.300. The summed E-state index contributed by atoms with van der Waals surface area (Å²) < 4.78 is 6.07. The zero-order valence-corrected chi connectivity index (χ0v) is 16.2. The molecule has 1 aliphatic carbocycles. The summed E-state index contributed by atoms with van der Waals surface area (Å²) in [5.74, 6) is 0.486. The van der Waals surface area contributed by atoms with Crippen molar-refractivity contribution in [2.45, 2.75) is 25.4 Å². The zero-order valence-electron chi connectivity index (χ0n) is 14.6. The highest BCUT2D eigenvalue weighted by atomic mass is 79.9. The number of benzene rings is 2. The quantitative estimate of drug-likeness (QED) is 0.752. The van der Waals surface area contributed by atoms with E-state index in [9.17, 15) is 9.59 Å². The lowest BCUT2D eigenvalue weighted by atomic mass is 10.2. The van der Waals surface area contributed by atoms with E-state index in [1.54, 1.807) is 31.4 Å². The van der Waals surface area contributed by atoms with E-state index in [2.05, 4.69) is 21.2 Å². The summed E-state index contributed by atoms with van der Waals surface area (Å²) in [6, 6.07) is 15.0. The number of hydrogen-bond donors (Lipinski definition) is 1. The van der Waals surface area contributed by atoms with E-state index in [-0.39, 0.29) is 24.4 Å². The largest absolute Gasteiger partial charge is 0.497 e. The molecule has 6 heteroatoms. The lowest BCUT2D eigenvalue weighted by Crippen LogP contribution is -2.41. The van der Waals surface area contributed by atoms with Crippen molar-refractivity contribution in [2.75, 3.05) is 13.7 Å². The van der Waals surface area contributed by atoms with Gasteiger partial charge in [0.15, 0.2) is 0 Å². The van der Waals surface area contributed by atoms with Gasteiger partial charge in [-0.05, 0) is 54.8 Å². The summed E-state index contributed by atoms with van der Waals surface area (Å²) in [6.45, 7) is 0.545. The molecule has 0 spiro atoms. The first-order valence-corrected chi connectivity index (χ1v) is 9.32. The molecule has 0 heterocycles. The molecule has 2 aromatic rings. The van der Waals surface area contributed by atoms with Crippen LogP contribution in [0.15, 0.2) is 53.0 Å². The number of nitrogens with one attached hydrogen (secondary N) is 1. The molecule has 5 nitrogen and oxygen atoms in total. The van der Waals surface area contributed by atoms with Crippen LogP contribution in [0.3, 0.4) is 0 Å². The highest BCUT2D eigenvalue weighted by Crippen LogP contribution is 2.28. The molecule has 1 saturated carbocycles. The molecule has 1 aliphatic rings. The van der Waals surface area contributed by atoms with Gasteiger partial charge in [-0.2, -0.15) is 0 Å². The second kappa shape index (κ2) is 8.36. The highest BCUT2D eigenvalue weighted by Gasteiger charge is 2.32. The van der Waals surface area contributed by atoms with Crippen LogP contribution in [-0.2, 0) is 11.3 Å². The molecule has 0 bridgehead atoms. The Morgan fingerprint density at radius 3 is 2.35 bits per heavy atom. The smallest absolute Gasteiger partial charge is 0.251 e. The van der Waals surface area contributed by atoms with E-state index < -0.39 is 0 Å².